The van der Waals surface area contributed by atoms with Crippen molar-refractivity contribution in [3.63, 3.8) is 0 Å². The smallest absolute Gasteiger partial charge is 0.270 e. The molecule has 0 aliphatic rings. The van der Waals surface area contributed by atoms with Crippen LogP contribution in [0.15, 0.2) is 42.5 Å². The highest BCUT2D eigenvalue weighted by Crippen LogP contribution is 2.21. The third kappa shape index (κ3) is 4.48. The molecule has 0 radical (unpaired) electrons. The first kappa shape index (κ1) is 17.3. The van der Waals surface area contributed by atoms with Crippen molar-refractivity contribution in [2.75, 3.05) is 13.7 Å². The second-order valence-corrected chi connectivity index (χ2v) is 5.04. The van der Waals surface area contributed by atoms with Gasteiger partial charge in [0, 0.05) is 17.7 Å². The average molecular weight is 345 g/mol. The van der Waals surface area contributed by atoms with Gasteiger partial charge in [0.05, 0.1) is 29.2 Å². The summed E-state index contributed by atoms with van der Waals surface area (Å²) in [5.74, 6) is 5.89. The van der Waals surface area contributed by atoms with E-state index in [1.165, 1.54) is 12.1 Å². The Kier molecular flexibility index (Phi) is 5.77. The minimum atomic E-state index is -0.587. The van der Waals surface area contributed by atoms with Gasteiger partial charge < -0.3 is 10.1 Å². The van der Waals surface area contributed by atoms with Crippen LogP contribution in [0.25, 0.3) is 0 Å². The lowest BCUT2D eigenvalue weighted by molar-refractivity contribution is -0.384. The molecule has 0 aliphatic heterocycles. The average Bonchev–Trinajstić information content (AvgIpc) is 2.59. The van der Waals surface area contributed by atoms with Gasteiger partial charge in [0.15, 0.2) is 0 Å². The monoisotopic (exact) mass is 344 g/mol. The number of ether oxygens (including phenoxy) is 1. The molecule has 122 valence electrons. The van der Waals surface area contributed by atoms with Gasteiger partial charge in [-0.25, -0.2) is 0 Å². The van der Waals surface area contributed by atoms with E-state index in [9.17, 15) is 14.9 Å². The quantitative estimate of drug-likeness (QED) is 0.525. The number of benzene rings is 2. The van der Waals surface area contributed by atoms with Gasteiger partial charge in [0.2, 0.25) is 0 Å². The lowest BCUT2D eigenvalue weighted by Gasteiger charge is -2.03. The van der Waals surface area contributed by atoms with E-state index >= 15 is 0 Å². The summed E-state index contributed by atoms with van der Waals surface area (Å²) < 4.78 is 5.05. The molecule has 1 N–H and O–H groups in total. The Bertz CT molecular complexity index is 823. The molecule has 0 unspecified atom stereocenters. The van der Waals surface area contributed by atoms with Crippen molar-refractivity contribution in [2.24, 2.45) is 0 Å². The maximum Gasteiger partial charge on any atom is 0.270 e. The van der Waals surface area contributed by atoms with Gasteiger partial charge in [-0.2, -0.15) is 0 Å². The number of nitro benzene ring substituents is 1. The predicted octanol–water partition coefficient (Wildman–Crippen LogP) is 3.04. The first-order chi connectivity index (χ1) is 11.5. The van der Waals surface area contributed by atoms with Crippen molar-refractivity contribution in [3.05, 3.63) is 68.7 Å². The highest BCUT2D eigenvalue weighted by Gasteiger charge is 2.15. The second-order valence-electron chi connectivity index (χ2n) is 4.63. The third-order valence-electron chi connectivity index (χ3n) is 3.07. The lowest BCUT2D eigenvalue weighted by atomic mass is 10.2. The molecule has 0 bridgehead atoms. The van der Waals surface area contributed by atoms with Crippen LogP contribution in [-0.4, -0.2) is 24.5 Å². The number of rotatable bonds is 4. The minimum absolute atomic E-state index is 0.0390. The van der Waals surface area contributed by atoms with Crippen molar-refractivity contribution in [1.29, 1.82) is 0 Å². The Hall–Kier alpha value is -3.04. The summed E-state index contributed by atoms with van der Waals surface area (Å²) in [5.41, 5.74) is 0.615. The molecule has 2 rings (SSSR count). The van der Waals surface area contributed by atoms with Crippen molar-refractivity contribution < 1.29 is 14.5 Å². The number of nitrogens with zero attached hydrogens (tertiary/aromatic N) is 1. The molecule has 2 aromatic carbocycles. The molecule has 6 nitrogen and oxygen atoms in total. The van der Waals surface area contributed by atoms with Crippen LogP contribution in [0.5, 0.6) is 5.75 Å². The Labute approximate surface area is 143 Å². The summed E-state index contributed by atoms with van der Waals surface area (Å²) in [7, 11) is 1.58. The Morgan fingerprint density at radius 1 is 1.29 bits per heavy atom. The van der Waals surface area contributed by atoms with E-state index in [1.807, 2.05) is 0 Å². The Morgan fingerprint density at radius 2 is 2.00 bits per heavy atom. The number of carbonyl (C=O) groups is 1. The predicted molar refractivity (Wildman–Crippen MR) is 90.3 cm³/mol. The summed E-state index contributed by atoms with van der Waals surface area (Å²) in [5, 5.41) is 13.4. The van der Waals surface area contributed by atoms with Gasteiger partial charge in [-0.1, -0.05) is 23.4 Å². The van der Waals surface area contributed by atoms with E-state index in [0.29, 0.717) is 0 Å². The molecule has 0 atom stereocenters. The third-order valence-corrected chi connectivity index (χ3v) is 3.40. The van der Waals surface area contributed by atoms with Crippen molar-refractivity contribution in [3.8, 4) is 17.6 Å². The molecule has 1 amide bonds. The summed E-state index contributed by atoms with van der Waals surface area (Å²) in [6, 6.07) is 10.8. The summed E-state index contributed by atoms with van der Waals surface area (Å²) in [6.45, 7) is 0.0872. The van der Waals surface area contributed by atoms with Crippen molar-refractivity contribution in [1.82, 2.24) is 5.32 Å². The van der Waals surface area contributed by atoms with E-state index in [1.54, 1.807) is 31.4 Å². The maximum absolute atomic E-state index is 12.0. The number of halogens is 1. The van der Waals surface area contributed by atoms with Gasteiger partial charge >= 0.3 is 0 Å². The number of carbonyl (C=O) groups excluding carboxylic acids is 1. The summed E-state index contributed by atoms with van der Waals surface area (Å²) in [4.78, 5) is 22.2. The van der Waals surface area contributed by atoms with Crippen LogP contribution in [0.1, 0.15) is 15.9 Å². The molecular formula is C17H13ClN2O4. The maximum atomic E-state index is 12.0. The first-order valence-corrected chi connectivity index (χ1v) is 7.24. The van der Waals surface area contributed by atoms with Gasteiger partial charge in [-0.05, 0) is 30.3 Å². The number of nitrogens with one attached hydrogen (secondary N) is 1. The fourth-order valence-electron chi connectivity index (χ4n) is 1.84. The molecule has 0 fully saturated rings. The van der Waals surface area contributed by atoms with Crippen molar-refractivity contribution in [2.45, 2.75) is 0 Å². The molecule has 7 heteroatoms. The van der Waals surface area contributed by atoms with Crippen LogP contribution in [0, 0.1) is 22.0 Å². The van der Waals surface area contributed by atoms with Gasteiger partial charge in [0.1, 0.15) is 5.75 Å². The number of hydrogen-bond acceptors (Lipinski definition) is 4. The molecule has 0 heterocycles. The lowest BCUT2D eigenvalue weighted by Crippen LogP contribution is -2.24. The van der Waals surface area contributed by atoms with E-state index in [0.717, 1.165) is 17.4 Å². The highest BCUT2D eigenvalue weighted by atomic mass is 35.5. The zero-order valence-corrected chi connectivity index (χ0v) is 13.5. The normalized spacial score (nSPS) is 9.58. The Balaban J connectivity index is 2.00. The molecule has 0 aliphatic carbocycles. The Morgan fingerprint density at radius 3 is 2.62 bits per heavy atom. The van der Waals surface area contributed by atoms with Crippen LogP contribution < -0.4 is 10.1 Å². The fraction of sp³-hybridized carbons (Fsp3) is 0.118. The highest BCUT2D eigenvalue weighted by molar-refractivity contribution is 6.33. The van der Waals surface area contributed by atoms with Crippen LogP contribution in [0.2, 0.25) is 5.02 Å². The van der Waals surface area contributed by atoms with E-state index < -0.39 is 10.8 Å². The molecular weight excluding hydrogens is 332 g/mol. The SMILES string of the molecule is COc1ccc(C#CCNC(=O)c2cc([N+](=O)[O-])ccc2Cl)cc1. The standard InChI is InChI=1S/C17H13ClN2O4/c1-24-14-7-4-12(5-8-14)3-2-10-19-17(21)15-11-13(20(22)23)6-9-16(15)18/h4-9,11H,10H2,1H3,(H,19,21). The fourth-order valence-corrected chi connectivity index (χ4v) is 2.04. The number of amides is 1. The van der Waals surface area contributed by atoms with E-state index in [4.69, 9.17) is 16.3 Å². The van der Waals surface area contributed by atoms with Crippen LogP contribution >= 0.6 is 11.6 Å². The van der Waals surface area contributed by atoms with Gasteiger partial charge in [0.25, 0.3) is 11.6 Å². The second kappa shape index (κ2) is 7.99. The van der Waals surface area contributed by atoms with Crippen LogP contribution in [0.3, 0.4) is 0 Å². The van der Waals surface area contributed by atoms with E-state index in [-0.39, 0.29) is 22.8 Å². The van der Waals surface area contributed by atoms with Crippen LogP contribution in [0.4, 0.5) is 5.69 Å². The molecule has 24 heavy (non-hydrogen) atoms. The van der Waals surface area contributed by atoms with Gasteiger partial charge in [-0.3, -0.25) is 14.9 Å². The number of hydrogen-bond donors (Lipinski definition) is 1. The molecule has 2 aromatic rings. The number of non-ortho nitro benzene ring substituents is 1. The number of methoxy groups -OCH3 is 1. The zero-order chi connectivity index (χ0) is 17.5. The molecule has 0 spiro atoms. The van der Waals surface area contributed by atoms with E-state index in [2.05, 4.69) is 17.2 Å². The largest absolute Gasteiger partial charge is 0.497 e. The molecule has 0 aromatic heterocycles. The molecule has 0 saturated heterocycles. The molecule has 0 saturated carbocycles. The minimum Gasteiger partial charge on any atom is -0.497 e. The summed E-state index contributed by atoms with van der Waals surface area (Å²) >= 11 is 5.90. The zero-order valence-electron chi connectivity index (χ0n) is 12.7. The van der Waals surface area contributed by atoms with Gasteiger partial charge in [-0.15, -0.1) is 0 Å². The topological polar surface area (TPSA) is 81.5 Å². The number of nitro groups is 1. The van der Waals surface area contributed by atoms with Crippen molar-refractivity contribution >= 4 is 23.2 Å². The van der Waals surface area contributed by atoms with Crippen LogP contribution in [-0.2, 0) is 0 Å². The first-order valence-electron chi connectivity index (χ1n) is 6.86. The summed E-state index contributed by atoms with van der Waals surface area (Å²) in [6.07, 6.45) is 0.